The van der Waals surface area contributed by atoms with Crippen molar-refractivity contribution in [1.29, 1.82) is 0 Å². The molecule has 1 aliphatic heterocycles. The summed E-state index contributed by atoms with van der Waals surface area (Å²) in [5.41, 5.74) is 3.56. The van der Waals surface area contributed by atoms with Gasteiger partial charge in [0.2, 0.25) is 0 Å². The number of hydrogen-bond donors (Lipinski definition) is 0. The Balaban J connectivity index is 1.88. The van der Waals surface area contributed by atoms with E-state index in [2.05, 4.69) is 0 Å². The molecule has 3 aromatic carbocycles. The lowest BCUT2D eigenvalue weighted by Gasteiger charge is -2.36. The number of aryl methyl sites for hydroxylation is 2. The molecule has 0 radical (unpaired) electrons. The Morgan fingerprint density at radius 1 is 0.875 bits per heavy atom. The maximum Gasteiger partial charge on any atom is 0.343 e. The SMILES string of the molecule is COc1ccc(N2C(=O)N(Cc3cc(C)ccc3C)c3ccccc3S2(=O)=O)cc1OC. The van der Waals surface area contributed by atoms with Crippen LogP contribution >= 0.6 is 0 Å². The predicted octanol–water partition coefficient (Wildman–Crippen LogP) is 4.66. The summed E-state index contributed by atoms with van der Waals surface area (Å²) in [5.74, 6) is 0.763. The molecule has 3 aromatic rings. The number of sulfonamides is 1. The Morgan fingerprint density at radius 3 is 2.31 bits per heavy atom. The van der Waals surface area contributed by atoms with Gasteiger partial charge in [-0.3, -0.25) is 4.90 Å². The van der Waals surface area contributed by atoms with Crippen molar-refractivity contribution in [3.63, 3.8) is 0 Å². The van der Waals surface area contributed by atoms with Crippen molar-refractivity contribution in [2.75, 3.05) is 23.4 Å². The van der Waals surface area contributed by atoms with Crippen LogP contribution in [0.1, 0.15) is 16.7 Å². The van der Waals surface area contributed by atoms with Gasteiger partial charge < -0.3 is 9.47 Å². The molecule has 0 spiro atoms. The number of nitrogens with zero attached hydrogens (tertiary/aromatic N) is 2. The highest BCUT2D eigenvalue weighted by Gasteiger charge is 2.42. The second kappa shape index (κ2) is 8.20. The molecule has 0 saturated carbocycles. The maximum atomic E-state index is 13.7. The van der Waals surface area contributed by atoms with E-state index in [1.165, 1.54) is 37.3 Å². The molecule has 1 heterocycles. The first-order chi connectivity index (χ1) is 15.3. The molecule has 7 nitrogen and oxygen atoms in total. The van der Waals surface area contributed by atoms with Crippen LogP contribution in [0.15, 0.2) is 65.6 Å². The highest BCUT2D eigenvalue weighted by Crippen LogP contribution is 2.40. The minimum atomic E-state index is -4.13. The minimum Gasteiger partial charge on any atom is -0.493 e. The first kappa shape index (κ1) is 21.7. The second-order valence-electron chi connectivity index (χ2n) is 7.58. The number of amides is 2. The van der Waals surface area contributed by atoms with E-state index in [1.54, 1.807) is 24.3 Å². The topological polar surface area (TPSA) is 76.2 Å². The lowest BCUT2D eigenvalue weighted by molar-refractivity contribution is 0.253. The van der Waals surface area contributed by atoms with Crippen molar-refractivity contribution in [2.24, 2.45) is 0 Å². The fraction of sp³-hybridized carbons (Fsp3) is 0.208. The highest BCUT2D eigenvalue weighted by molar-refractivity contribution is 7.94. The van der Waals surface area contributed by atoms with Crippen LogP contribution in [0.4, 0.5) is 16.2 Å². The summed E-state index contributed by atoms with van der Waals surface area (Å²) < 4.78 is 38.4. The first-order valence-corrected chi connectivity index (χ1v) is 11.5. The van der Waals surface area contributed by atoms with Gasteiger partial charge in [0, 0.05) is 6.07 Å². The van der Waals surface area contributed by atoms with Crippen LogP contribution in [-0.4, -0.2) is 28.7 Å². The van der Waals surface area contributed by atoms with Crippen LogP contribution in [0.25, 0.3) is 0 Å². The summed E-state index contributed by atoms with van der Waals surface area (Å²) in [6, 6.07) is 16.5. The lowest BCUT2D eigenvalue weighted by Crippen LogP contribution is -2.50. The number of rotatable bonds is 5. The number of benzene rings is 3. The fourth-order valence-electron chi connectivity index (χ4n) is 3.81. The average molecular weight is 453 g/mol. The first-order valence-electron chi connectivity index (χ1n) is 10.0. The van der Waals surface area contributed by atoms with Crippen molar-refractivity contribution < 1.29 is 22.7 Å². The molecule has 0 aliphatic carbocycles. The third-order valence-electron chi connectivity index (χ3n) is 5.51. The molecule has 0 saturated heterocycles. The van der Waals surface area contributed by atoms with Gasteiger partial charge in [-0.05, 0) is 49.2 Å². The van der Waals surface area contributed by atoms with Crippen LogP contribution in [0, 0.1) is 13.8 Å². The van der Waals surface area contributed by atoms with E-state index in [-0.39, 0.29) is 17.1 Å². The molecular formula is C24H24N2O5S. The molecule has 0 unspecified atom stereocenters. The van der Waals surface area contributed by atoms with Crippen molar-refractivity contribution in [3.8, 4) is 11.5 Å². The van der Waals surface area contributed by atoms with Gasteiger partial charge in [0.25, 0.3) is 10.0 Å². The quantitative estimate of drug-likeness (QED) is 0.563. The number of carbonyl (C=O) groups excluding carboxylic acids is 1. The number of carbonyl (C=O) groups is 1. The summed E-state index contributed by atoms with van der Waals surface area (Å²) in [4.78, 5) is 15.2. The van der Waals surface area contributed by atoms with Crippen molar-refractivity contribution >= 4 is 27.4 Å². The van der Waals surface area contributed by atoms with Gasteiger partial charge in [-0.15, -0.1) is 0 Å². The Kier molecular flexibility index (Phi) is 5.56. The van der Waals surface area contributed by atoms with Gasteiger partial charge in [-0.25, -0.2) is 13.2 Å². The van der Waals surface area contributed by atoms with E-state index in [4.69, 9.17) is 9.47 Å². The largest absolute Gasteiger partial charge is 0.493 e. The zero-order valence-electron chi connectivity index (χ0n) is 18.3. The number of para-hydroxylation sites is 1. The number of fused-ring (bicyclic) bond motifs is 1. The Bertz CT molecular complexity index is 1300. The third-order valence-corrected chi connectivity index (χ3v) is 7.26. The van der Waals surface area contributed by atoms with E-state index >= 15 is 0 Å². The van der Waals surface area contributed by atoms with E-state index in [0.717, 1.165) is 21.0 Å². The van der Waals surface area contributed by atoms with Gasteiger partial charge in [-0.1, -0.05) is 35.9 Å². The van der Waals surface area contributed by atoms with Crippen LogP contribution in [0.3, 0.4) is 0 Å². The Hall–Kier alpha value is -3.52. The summed E-state index contributed by atoms with van der Waals surface area (Å²) >= 11 is 0. The summed E-state index contributed by atoms with van der Waals surface area (Å²) in [5, 5.41) is 0. The summed E-state index contributed by atoms with van der Waals surface area (Å²) in [7, 11) is -1.18. The molecule has 32 heavy (non-hydrogen) atoms. The van der Waals surface area contributed by atoms with Gasteiger partial charge in [0.15, 0.2) is 11.5 Å². The Labute approximate surface area is 187 Å². The average Bonchev–Trinajstić information content (AvgIpc) is 2.78. The third kappa shape index (κ3) is 3.56. The standard InChI is InChI=1S/C24H24N2O5S/c1-16-9-10-17(2)18(13-16)15-25-20-7-5-6-8-23(20)32(28,29)26(24(25)27)19-11-12-21(30-3)22(14-19)31-4/h5-14H,15H2,1-4H3. The molecule has 0 atom stereocenters. The van der Waals surface area contributed by atoms with Gasteiger partial charge in [0.1, 0.15) is 4.90 Å². The van der Waals surface area contributed by atoms with E-state index in [9.17, 15) is 13.2 Å². The molecule has 166 valence electrons. The number of methoxy groups -OCH3 is 2. The molecule has 0 N–H and O–H groups in total. The highest BCUT2D eigenvalue weighted by atomic mass is 32.2. The van der Waals surface area contributed by atoms with Crippen molar-refractivity contribution in [3.05, 3.63) is 77.4 Å². The molecule has 0 bridgehead atoms. The smallest absolute Gasteiger partial charge is 0.343 e. The molecule has 2 amide bonds. The number of hydrogen-bond acceptors (Lipinski definition) is 5. The van der Waals surface area contributed by atoms with E-state index in [1.807, 2.05) is 32.0 Å². The van der Waals surface area contributed by atoms with Crippen molar-refractivity contribution in [1.82, 2.24) is 0 Å². The lowest BCUT2D eigenvalue weighted by atomic mass is 10.0. The number of ether oxygens (including phenoxy) is 2. The fourth-order valence-corrected chi connectivity index (χ4v) is 5.39. The van der Waals surface area contributed by atoms with Crippen molar-refractivity contribution in [2.45, 2.75) is 25.3 Å². The monoisotopic (exact) mass is 452 g/mol. The molecular weight excluding hydrogens is 428 g/mol. The molecule has 4 rings (SSSR count). The van der Waals surface area contributed by atoms with Gasteiger partial charge in [-0.2, -0.15) is 4.31 Å². The van der Waals surface area contributed by atoms with Crippen LogP contribution in [0.2, 0.25) is 0 Å². The predicted molar refractivity (Wildman–Crippen MR) is 123 cm³/mol. The summed E-state index contributed by atoms with van der Waals surface area (Å²) in [6.45, 7) is 4.19. The minimum absolute atomic E-state index is 0.0692. The van der Waals surface area contributed by atoms with Gasteiger partial charge in [0.05, 0.1) is 32.1 Å². The van der Waals surface area contributed by atoms with Crippen LogP contribution in [-0.2, 0) is 16.6 Å². The number of anilines is 2. The zero-order valence-corrected chi connectivity index (χ0v) is 19.1. The molecule has 0 fully saturated rings. The summed E-state index contributed by atoms with van der Waals surface area (Å²) in [6.07, 6.45) is 0. The van der Waals surface area contributed by atoms with Crippen LogP contribution in [0.5, 0.6) is 11.5 Å². The maximum absolute atomic E-state index is 13.7. The zero-order chi connectivity index (χ0) is 23.0. The second-order valence-corrected chi connectivity index (χ2v) is 9.33. The number of urea groups is 1. The van der Waals surface area contributed by atoms with E-state index < -0.39 is 16.1 Å². The normalized spacial score (nSPS) is 14.8. The van der Waals surface area contributed by atoms with E-state index in [0.29, 0.717) is 17.2 Å². The molecule has 0 aromatic heterocycles. The van der Waals surface area contributed by atoms with Gasteiger partial charge >= 0.3 is 6.03 Å². The molecule has 8 heteroatoms. The Morgan fingerprint density at radius 2 is 1.59 bits per heavy atom. The molecule has 1 aliphatic rings. The van der Waals surface area contributed by atoms with Crippen LogP contribution < -0.4 is 18.7 Å².